The molecule has 0 spiro atoms. The van der Waals surface area contributed by atoms with Crippen molar-refractivity contribution in [3.63, 3.8) is 0 Å². The van der Waals surface area contributed by atoms with Crippen LogP contribution in [0.15, 0.2) is 29.5 Å². The van der Waals surface area contributed by atoms with E-state index < -0.39 is 16.4 Å². The van der Waals surface area contributed by atoms with Crippen molar-refractivity contribution in [2.75, 3.05) is 18.4 Å². The summed E-state index contributed by atoms with van der Waals surface area (Å²) in [5.74, 6) is -0.134. The second kappa shape index (κ2) is 6.90. The number of ether oxygens (including phenoxy) is 2. The van der Waals surface area contributed by atoms with Gasteiger partial charge in [0, 0.05) is 19.2 Å². The van der Waals surface area contributed by atoms with E-state index in [1.165, 1.54) is 12.1 Å². The molecule has 9 heteroatoms. The molecule has 1 aromatic carbocycles. The highest BCUT2D eigenvalue weighted by molar-refractivity contribution is 6.07. The molecule has 0 saturated carbocycles. The van der Waals surface area contributed by atoms with Gasteiger partial charge in [0.15, 0.2) is 17.2 Å². The van der Waals surface area contributed by atoms with E-state index in [9.17, 15) is 19.7 Å². The first-order valence-electron chi connectivity index (χ1n) is 8.62. The van der Waals surface area contributed by atoms with Gasteiger partial charge in [-0.1, -0.05) is 6.07 Å². The maximum Gasteiger partial charge on any atom is 0.410 e. The molecule has 9 nitrogen and oxygen atoms in total. The Hall–Kier alpha value is -3.10. The number of nitro groups is 1. The van der Waals surface area contributed by atoms with Crippen molar-refractivity contribution < 1.29 is 24.0 Å². The first-order chi connectivity index (χ1) is 12.7. The number of amides is 2. The number of nitrogens with zero attached hydrogens (tertiary/aromatic N) is 2. The quantitative estimate of drug-likeness (QED) is 0.458. The minimum atomic E-state index is -0.570. The number of hydrogen-bond donors (Lipinski definition) is 1. The molecule has 1 fully saturated rings. The van der Waals surface area contributed by atoms with E-state index in [0.717, 1.165) is 5.57 Å². The van der Waals surface area contributed by atoms with Crippen LogP contribution in [-0.4, -0.2) is 40.5 Å². The molecule has 0 bridgehead atoms. The van der Waals surface area contributed by atoms with Gasteiger partial charge in [0.1, 0.15) is 5.60 Å². The van der Waals surface area contributed by atoms with Crippen LogP contribution in [0.3, 0.4) is 0 Å². The monoisotopic (exact) mass is 375 g/mol. The second-order valence-electron chi connectivity index (χ2n) is 7.36. The Bertz CT molecular complexity index is 830. The largest absolute Gasteiger partial charge is 0.449 e. The van der Waals surface area contributed by atoms with Crippen LogP contribution >= 0.6 is 0 Å². The number of fused-ring (bicyclic) bond motifs is 1. The van der Waals surface area contributed by atoms with Crippen LogP contribution in [-0.2, 0) is 9.53 Å². The van der Waals surface area contributed by atoms with E-state index in [1.54, 1.807) is 31.7 Å². The maximum absolute atomic E-state index is 12.4. The summed E-state index contributed by atoms with van der Waals surface area (Å²) in [6.45, 7) is 6.23. The fraction of sp³-hybridized carbons (Fsp3) is 0.444. The molecule has 1 aromatic rings. The lowest BCUT2D eigenvalue weighted by Gasteiger charge is -2.32. The lowest BCUT2D eigenvalue weighted by Crippen LogP contribution is -2.41. The molecule has 0 aromatic heterocycles. The Labute approximate surface area is 156 Å². The number of piperidine rings is 1. The summed E-state index contributed by atoms with van der Waals surface area (Å²) < 4.78 is 11.0. The number of carbonyl (C=O) groups is 2. The average Bonchev–Trinajstić information content (AvgIpc) is 2.59. The number of rotatable bonds is 1. The first-order valence-corrected chi connectivity index (χ1v) is 8.62. The molecule has 144 valence electrons. The molecular weight excluding hydrogens is 354 g/mol. The Morgan fingerprint density at radius 3 is 2.56 bits per heavy atom. The van der Waals surface area contributed by atoms with E-state index >= 15 is 0 Å². The minimum Gasteiger partial charge on any atom is -0.449 e. The summed E-state index contributed by atoms with van der Waals surface area (Å²) in [4.78, 5) is 36.7. The van der Waals surface area contributed by atoms with Crippen molar-refractivity contribution in [3.05, 3.63) is 39.6 Å². The molecule has 2 aliphatic heterocycles. The molecule has 2 heterocycles. The fourth-order valence-electron chi connectivity index (χ4n) is 2.95. The average molecular weight is 375 g/mol. The number of likely N-dealkylation sites (tertiary alicyclic amines) is 1. The molecule has 27 heavy (non-hydrogen) atoms. The van der Waals surface area contributed by atoms with Crippen molar-refractivity contribution in [1.82, 2.24) is 4.90 Å². The van der Waals surface area contributed by atoms with Gasteiger partial charge in [-0.3, -0.25) is 14.9 Å². The van der Waals surface area contributed by atoms with Crippen molar-refractivity contribution >= 4 is 23.4 Å². The van der Waals surface area contributed by atoms with Gasteiger partial charge in [-0.2, -0.15) is 0 Å². The Balaban J connectivity index is 1.75. The van der Waals surface area contributed by atoms with Gasteiger partial charge >= 0.3 is 6.09 Å². The Morgan fingerprint density at radius 1 is 1.30 bits per heavy atom. The standard InChI is InChI=1S/C18H21N3O6/c1-18(2,3)27-17(23)20-9-7-11(8-10-20)15-16(22)19-14-12(21(24)25)5-4-6-13(14)26-15/h4-6H,7-10H2,1-3H3,(H,19,22). The predicted octanol–water partition coefficient (Wildman–Crippen LogP) is 3.21. The predicted molar refractivity (Wildman–Crippen MR) is 96.4 cm³/mol. The van der Waals surface area contributed by atoms with Crippen LogP contribution in [0.5, 0.6) is 5.75 Å². The summed E-state index contributed by atoms with van der Waals surface area (Å²) in [7, 11) is 0. The van der Waals surface area contributed by atoms with Gasteiger partial charge in [0.05, 0.1) is 4.92 Å². The third-order valence-corrected chi connectivity index (χ3v) is 4.20. The molecule has 3 rings (SSSR count). The highest BCUT2D eigenvalue weighted by Crippen LogP contribution is 2.39. The topological polar surface area (TPSA) is 111 Å². The lowest BCUT2D eigenvalue weighted by molar-refractivity contribution is -0.384. The van der Waals surface area contributed by atoms with Gasteiger partial charge in [0.25, 0.3) is 11.6 Å². The molecule has 1 saturated heterocycles. The van der Waals surface area contributed by atoms with E-state index in [2.05, 4.69) is 5.32 Å². The molecule has 0 atom stereocenters. The summed E-state index contributed by atoms with van der Waals surface area (Å²) in [6, 6.07) is 4.37. The van der Waals surface area contributed by atoms with E-state index in [4.69, 9.17) is 9.47 Å². The number of nitro benzene ring substituents is 1. The third kappa shape index (κ3) is 4.02. The molecule has 2 aliphatic rings. The summed E-state index contributed by atoms with van der Waals surface area (Å²) >= 11 is 0. The molecule has 0 aliphatic carbocycles. The van der Waals surface area contributed by atoms with Crippen molar-refractivity contribution in [2.24, 2.45) is 0 Å². The van der Waals surface area contributed by atoms with Crippen LogP contribution < -0.4 is 10.1 Å². The van der Waals surface area contributed by atoms with Gasteiger partial charge in [-0.05, 0) is 45.3 Å². The van der Waals surface area contributed by atoms with Crippen LogP contribution in [0.2, 0.25) is 0 Å². The normalized spacial score (nSPS) is 17.0. The van der Waals surface area contributed by atoms with Crippen molar-refractivity contribution in [1.29, 1.82) is 0 Å². The van der Waals surface area contributed by atoms with Crippen LogP contribution in [0.1, 0.15) is 33.6 Å². The first kappa shape index (κ1) is 18.7. The number of benzene rings is 1. The number of nitrogens with one attached hydrogen (secondary N) is 1. The van der Waals surface area contributed by atoms with E-state index in [0.29, 0.717) is 25.9 Å². The molecule has 1 N–H and O–H groups in total. The number of para-hydroxylation sites is 1. The van der Waals surface area contributed by atoms with Crippen molar-refractivity contribution in [3.8, 4) is 5.75 Å². The van der Waals surface area contributed by atoms with E-state index in [1.807, 2.05) is 0 Å². The summed E-state index contributed by atoms with van der Waals surface area (Å²) in [6.07, 6.45) is 0.542. The zero-order valence-corrected chi connectivity index (χ0v) is 15.4. The molecule has 2 amide bonds. The van der Waals surface area contributed by atoms with Gasteiger partial charge < -0.3 is 19.7 Å². The third-order valence-electron chi connectivity index (χ3n) is 4.20. The Morgan fingerprint density at radius 2 is 1.96 bits per heavy atom. The summed E-state index contributed by atoms with van der Waals surface area (Å²) in [5, 5.41) is 13.7. The summed E-state index contributed by atoms with van der Waals surface area (Å²) in [5.41, 5.74) is 0.0396. The SMILES string of the molecule is CC(C)(C)OC(=O)N1CCC(=C2Oc3cccc([N+](=O)[O-])c3NC2=O)CC1. The molecule has 0 radical (unpaired) electrons. The van der Waals surface area contributed by atoms with Crippen molar-refractivity contribution in [2.45, 2.75) is 39.2 Å². The number of carbonyl (C=O) groups excluding carboxylic acids is 2. The fourth-order valence-corrected chi connectivity index (χ4v) is 2.95. The maximum atomic E-state index is 12.4. The van der Waals surface area contributed by atoms with Gasteiger partial charge in [-0.15, -0.1) is 0 Å². The number of hydrogen-bond acceptors (Lipinski definition) is 6. The highest BCUT2D eigenvalue weighted by Gasteiger charge is 2.33. The van der Waals surface area contributed by atoms with Crippen LogP contribution in [0, 0.1) is 10.1 Å². The smallest absolute Gasteiger partial charge is 0.410 e. The second-order valence-corrected chi connectivity index (χ2v) is 7.36. The van der Waals surface area contributed by atoms with Crippen LogP contribution in [0.4, 0.5) is 16.2 Å². The van der Waals surface area contributed by atoms with Gasteiger partial charge in [0.2, 0.25) is 0 Å². The Kier molecular flexibility index (Phi) is 4.77. The van der Waals surface area contributed by atoms with E-state index in [-0.39, 0.29) is 29.0 Å². The van der Waals surface area contributed by atoms with Crippen LogP contribution in [0.25, 0.3) is 0 Å². The zero-order chi connectivity index (χ0) is 19.8. The molecular formula is C18H21N3O6. The van der Waals surface area contributed by atoms with Gasteiger partial charge in [-0.25, -0.2) is 4.79 Å². The zero-order valence-electron chi connectivity index (χ0n) is 15.4. The number of anilines is 1. The molecule has 0 unspecified atom stereocenters. The minimum absolute atomic E-state index is 0.0584. The highest BCUT2D eigenvalue weighted by atomic mass is 16.6. The lowest BCUT2D eigenvalue weighted by atomic mass is 10.0.